The van der Waals surface area contributed by atoms with Gasteiger partial charge >= 0.3 is 0 Å². The normalized spacial score (nSPS) is 22.3. The van der Waals surface area contributed by atoms with E-state index in [2.05, 4.69) is 47.2 Å². The summed E-state index contributed by atoms with van der Waals surface area (Å²) in [6.07, 6.45) is 2.78. The predicted octanol–water partition coefficient (Wildman–Crippen LogP) is 2.90. The summed E-state index contributed by atoms with van der Waals surface area (Å²) in [5, 5.41) is 4.73. The molecule has 1 unspecified atom stereocenters. The first-order valence-corrected chi connectivity index (χ1v) is 13.3. The maximum absolute atomic E-state index is 11.9. The zero-order chi connectivity index (χ0) is 20.6. The van der Waals surface area contributed by atoms with E-state index in [1.165, 1.54) is 16.1 Å². The molecule has 0 amide bonds. The minimum atomic E-state index is -2.91. The maximum atomic E-state index is 11.9. The molecule has 0 bridgehead atoms. The summed E-state index contributed by atoms with van der Waals surface area (Å²) < 4.78 is 25.7. The van der Waals surface area contributed by atoms with Crippen molar-refractivity contribution in [2.75, 3.05) is 48.8 Å². The fraction of sp³-hybridized carbons (Fsp3) is 0.571. The first-order chi connectivity index (χ1) is 13.9. The number of thioether (sulfide) groups is 1. The smallest absolute Gasteiger partial charge is 0.152 e. The van der Waals surface area contributed by atoms with E-state index in [0.29, 0.717) is 6.42 Å². The summed E-state index contributed by atoms with van der Waals surface area (Å²) in [5.41, 5.74) is 4.66. The van der Waals surface area contributed by atoms with Gasteiger partial charge in [0.2, 0.25) is 0 Å². The van der Waals surface area contributed by atoms with E-state index >= 15 is 0 Å². The van der Waals surface area contributed by atoms with Crippen molar-refractivity contribution in [3.8, 4) is 0 Å². The number of piperazine rings is 1. The van der Waals surface area contributed by atoms with Crippen LogP contribution in [0.2, 0.25) is 0 Å². The summed E-state index contributed by atoms with van der Waals surface area (Å²) in [4.78, 5) is 6.23. The summed E-state index contributed by atoms with van der Waals surface area (Å²) >= 11 is 1.77. The van der Waals surface area contributed by atoms with Crippen molar-refractivity contribution in [2.24, 2.45) is 0 Å². The number of hydrogen-bond donors (Lipinski definition) is 0. The Kier molecular flexibility index (Phi) is 5.95. The molecular weight excluding hydrogens is 404 g/mol. The first-order valence-electron chi connectivity index (χ1n) is 10.2. The minimum absolute atomic E-state index is 0.0157. The highest BCUT2D eigenvalue weighted by Gasteiger charge is 2.32. The molecule has 29 heavy (non-hydrogen) atoms. The Balaban J connectivity index is 1.40. The monoisotopic (exact) mass is 434 g/mol. The Labute approximate surface area is 178 Å². The van der Waals surface area contributed by atoms with Crippen LogP contribution in [-0.4, -0.2) is 67.0 Å². The van der Waals surface area contributed by atoms with E-state index < -0.39 is 9.84 Å². The summed E-state index contributed by atoms with van der Waals surface area (Å²) in [6, 6.07) is 8.83. The number of anilines is 1. The lowest BCUT2D eigenvalue weighted by Crippen LogP contribution is -2.46. The van der Waals surface area contributed by atoms with Crippen LogP contribution in [0.15, 0.2) is 29.2 Å². The molecule has 0 spiro atoms. The van der Waals surface area contributed by atoms with Gasteiger partial charge in [-0.1, -0.05) is 12.1 Å². The second-order valence-corrected chi connectivity index (χ2v) is 11.2. The molecule has 1 atom stereocenters. The number of benzene rings is 1. The first kappa shape index (κ1) is 20.8. The highest BCUT2D eigenvalue weighted by molar-refractivity contribution is 7.98. The highest BCUT2D eigenvalue weighted by Crippen LogP contribution is 2.31. The van der Waals surface area contributed by atoms with Crippen LogP contribution in [0.3, 0.4) is 0 Å². The fourth-order valence-electron chi connectivity index (χ4n) is 4.55. The number of rotatable bonds is 5. The van der Waals surface area contributed by atoms with E-state index in [-0.39, 0.29) is 17.5 Å². The van der Waals surface area contributed by atoms with E-state index in [0.717, 1.165) is 44.1 Å². The van der Waals surface area contributed by atoms with Crippen molar-refractivity contribution in [3.63, 3.8) is 0 Å². The van der Waals surface area contributed by atoms with Crippen molar-refractivity contribution in [3.05, 3.63) is 41.2 Å². The van der Waals surface area contributed by atoms with Crippen LogP contribution in [0.25, 0.3) is 0 Å². The molecule has 0 saturated carbocycles. The molecule has 0 N–H and O–H groups in total. The van der Waals surface area contributed by atoms with E-state index in [4.69, 9.17) is 5.10 Å². The second-order valence-electron chi connectivity index (χ2n) is 8.13. The van der Waals surface area contributed by atoms with Crippen molar-refractivity contribution in [1.29, 1.82) is 0 Å². The molecule has 1 aromatic heterocycles. The lowest BCUT2D eigenvalue weighted by atomic mass is 10.2. The Bertz CT molecular complexity index is 961. The number of aromatic nitrogens is 2. The van der Waals surface area contributed by atoms with E-state index in [9.17, 15) is 8.42 Å². The van der Waals surface area contributed by atoms with Gasteiger partial charge < -0.3 is 4.90 Å². The van der Waals surface area contributed by atoms with Gasteiger partial charge in [0, 0.05) is 37.6 Å². The van der Waals surface area contributed by atoms with Crippen LogP contribution in [0.1, 0.15) is 29.4 Å². The van der Waals surface area contributed by atoms with Crippen LogP contribution in [0, 0.1) is 13.8 Å². The Morgan fingerprint density at radius 1 is 1.10 bits per heavy atom. The molecule has 8 heteroatoms. The van der Waals surface area contributed by atoms with Gasteiger partial charge in [-0.25, -0.2) is 8.42 Å². The number of nitrogens with zero attached hydrogens (tertiary/aromatic N) is 4. The third-order valence-corrected chi connectivity index (χ3v) is 8.59. The largest absolute Gasteiger partial charge is 0.366 e. The van der Waals surface area contributed by atoms with Gasteiger partial charge in [0.05, 0.1) is 34.6 Å². The van der Waals surface area contributed by atoms with Crippen LogP contribution in [0.5, 0.6) is 0 Å². The predicted molar refractivity (Wildman–Crippen MR) is 120 cm³/mol. The zero-order valence-electron chi connectivity index (χ0n) is 17.5. The van der Waals surface area contributed by atoms with Crippen molar-refractivity contribution >= 4 is 27.3 Å². The summed E-state index contributed by atoms with van der Waals surface area (Å²) in [5.74, 6) is 0.499. The molecule has 0 radical (unpaired) electrons. The molecular formula is C21H30N4O2S2. The number of sulfone groups is 1. The molecule has 3 heterocycles. The standard InChI is InChI=1S/C21H30N4O2S2/c1-16-21(17(2)25(22-16)19-8-13-29(26,27)15-19)24-11-9-23(10-12-24)14-18-4-6-20(28-3)7-5-18/h4-7,19H,8-15H2,1-3H3. The molecule has 1 aromatic carbocycles. The number of hydrogen-bond acceptors (Lipinski definition) is 6. The Hall–Kier alpha value is -1.51. The second kappa shape index (κ2) is 8.32. The molecule has 0 aliphatic carbocycles. The van der Waals surface area contributed by atoms with Gasteiger partial charge in [-0.05, 0) is 44.2 Å². The highest BCUT2D eigenvalue weighted by atomic mass is 32.2. The minimum Gasteiger partial charge on any atom is -0.366 e. The van der Waals surface area contributed by atoms with Crippen LogP contribution < -0.4 is 4.90 Å². The number of aryl methyl sites for hydroxylation is 1. The van der Waals surface area contributed by atoms with Gasteiger partial charge in [-0.15, -0.1) is 11.8 Å². The summed E-state index contributed by atoms with van der Waals surface area (Å²) in [7, 11) is -2.91. The lowest BCUT2D eigenvalue weighted by molar-refractivity contribution is 0.249. The molecule has 2 fully saturated rings. The third kappa shape index (κ3) is 4.49. The molecule has 2 aromatic rings. The Morgan fingerprint density at radius 3 is 2.38 bits per heavy atom. The van der Waals surface area contributed by atoms with Gasteiger partial charge in [0.15, 0.2) is 9.84 Å². The lowest BCUT2D eigenvalue weighted by Gasteiger charge is -2.36. The topological polar surface area (TPSA) is 58.4 Å². The molecule has 6 nitrogen and oxygen atoms in total. The fourth-order valence-corrected chi connectivity index (χ4v) is 6.65. The van der Waals surface area contributed by atoms with E-state index in [1.54, 1.807) is 11.8 Å². The quantitative estimate of drug-likeness (QED) is 0.675. The van der Waals surface area contributed by atoms with Crippen LogP contribution in [-0.2, 0) is 16.4 Å². The maximum Gasteiger partial charge on any atom is 0.152 e. The van der Waals surface area contributed by atoms with Gasteiger partial charge in [-0.3, -0.25) is 9.58 Å². The summed E-state index contributed by atoms with van der Waals surface area (Å²) in [6.45, 7) is 9.10. The zero-order valence-corrected chi connectivity index (χ0v) is 19.1. The SMILES string of the molecule is CSc1ccc(CN2CCN(c3c(C)nn(C4CCS(=O)(=O)C4)c3C)CC2)cc1. The van der Waals surface area contributed by atoms with Crippen LogP contribution >= 0.6 is 11.8 Å². The van der Waals surface area contributed by atoms with Gasteiger partial charge in [0.25, 0.3) is 0 Å². The van der Waals surface area contributed by atoms with E-state index in [1.807, 2.05) is 11.6 Å². The average molecular weight is 435 g/mol. The molecule has 4 rings (SSSR count). The van der Waals surface area contributed by atoms with Crippen molar-refractivity contribution in [1.82, 2.24) is 14.7 Å². The third-order valence-electron chi connectivity index (χ3n) is 6.09. The molecule has 158 valence electrons. The average Bonchev–Trinajstić information content (AvgIpc) is 3.21. The van der Waals surface area contributed by atoms with Gasteiger partial charge in [-0.2, -0.15) is 5.10 Å². The molecule has 2 saturated heterocycles. The van der Waals surface area contributed by atoms with Crippen molar-refractivity contribution in [2.45, 2.75) is 37.8 Å². The molecule has 2 aliphatic heterocycles. The van der Waals surface area contributed by atoms with Crippen LogP contribution in [0.4, 0.5) is 5.69 Å². The van der Waals surface area contributed by atoms with Crippen molar-refractivity contribution < 1.29 is 8.42 Å². The van der Waals surface area contributed by atoms with Gasteiger partial charge in [0.1, 0.15) is 0 Å². The Morgan fingerprint density at radius 2 is 1.79 bits per heavy atom. The molecule has 2 aliphatic rings.